The van der Waals surface area contributed by atoms with E-state index in [9.17, 15) is 13.2 Å². The average Bonchev–Trinajstić information content (AvgIpc) is 3.15. The molecule has 0 saturated heterocycles. The second kappa shape index (κ2) is 8.54. The van der Waals surface area contributed by atoms with E-state index in [2.05, 4.69) is 15.6 Å². The molecule has 156 valence electrons. The average molecular weight is 468 g/mol. The van der Waals surface area contributed by atoms with Gasteiger partial charge >= 0.3 is 6.03 Å². The number of anilines is 1. The maximum atomic E-state index is 12.5. The first-order chi connectivity index (χ1) is 14.8. The van der Waals surface area contributed by atoms with E-state index in [4.69, 9.17) is 12.2 Å². The molecule has 1 heterocycles. The summed E-state index contributed by atoms with van der Waals surface area (Å²) in [4.78, 5) is 17.3. The number of sulfone groups is 1. The molecule has 0 aliphatic heterocycles. The maximum absolute atomic E-state index is 12.5. The van der Waals surface area contributed by atoms with Crippen LogP contribution < -0.4 is 10.6 Å². The first-order valence-electron chi connectivity index (χ1n) is 9.19. The van der Waals surface area contributed by atoms with Gasteiger partial charge in [0.2, 0.25) is 0 Å². The van der Waals surface area contributed by atoms with Gasteiger partial charge < -0.3 is 0 Å². The van der Waals surface area contributed by atoms with Gasteiger partial charge in [-0.15, -0.1) is 0 Å². The molecule has 4 aromatic rings. The third-order valence-electron chi connectivity index (χ3n) is 4.49. The molecule has 2 N–H and O–H groups in total. The van der Waals surface area contributed by atoms with Gasteiger partial charge in [0.25, 0.3) is 0 Å². The van der Waals surface area contributed by atoms with Gasteiger partial charge in [0.05, 0.1) is 15.1 Å². The number of hydrogen-bond donors (Lipinski definition) is 2. The maximum Gasteiger partial charge on any atom is 0.326 e. The molecule has 0 atom stereocenters. The van der Waals surface area contributed by atoms with Crippen molar-refractivity contribution in [1.29, 1.82) is 0 Å². The number of carbonyl (C=O) groups is 1. The second-order valence-corrected chi connectivity index (χ2v) is 10.2. The summed E-state index contributed by atoms with van der Waals surface area (Å²) in [5.41, 5.74) is 3.25. The summed E-state index contributed by atoms with van der Waals surface area (Å²) in [6, 6.07) is 21.5. The highest BCUT2D eigenvalue weighted by molar-refractivity contribution is 7.90. The Morgan fingerprint density at radius 1 is 1.00 bits per heavy atom. The van der Waals surface area contributed by atoms with Crippen molar-refractivity contribution in [1.82, 2.24) is 10.3 Å². The summed E-state index contributed by atoms with van der Waals surface area (Å²) < 4.78 is 24.1. The Kier molecular flexibility index (Phi) is 5.81. The summed E-state index contributed by atoms with van der Waals surface area (Å²) >= 11 is 6.66. The molecule has 0 unspecified atom stereocenters. The highest BCUT2D eigenvalue weighted by Gasteiger charge is 2.15. The van der Waals surface area contributed by atoms with Gasteiger partial charge in [0, 0.05) is 11.8 Å². The number of thiazole rings is 1. The van der Waals surface area contributed by atoms with Crippen molar-refractivity contribution in [2.75, 3.05) is 11.6 Å². The van der Waals surface area contributed by atoms with Crippen LogP contribution in [-0.2, 0) is 9.84 Å². The molecule has 0 spiro atoms. The van der Waals surface area contributed by atoms with Crippen molar-refractivity contribution in [2.24, 2.45) is 0 Å². The van der Waals surface area contributed by atoms with Crippen LogP contribution in [-0.4, -0.2) is 30.7 Å². The largest absolute Gasteiger partial charge is 0.326 e. The minimum atomic E-state index is -3.32. The molecular formula is C22H17N3O3S3. The predicted octanol–water partition coefficient (Wildman–Crippen LogP) is 4.86. The van der Waals surface area contributed by atoms with Crippen LogP contribution in [0, 0.1) is 0 Å². The number of carbonyl (C=O) groups excluding carboxylic acids is 1. The monoisotopic (exact) mass is 467 g/mol. The third kappa shape index (κ3) is 4.79. The normalized spacial score (nSPS) is 11.3. The molecular weight excluding hydrogens is 450 g/mol. The van der Waals surface area contributed by atoms with E-state index in [-0.39, 0.29) is 9.88 Å². The highest BCUT2D eigenvalue weighted by atomic mass is 32.2. The number of fused-ring (bicyclic) bond motifs is 1. The van der Waals surface area contributed by atoms with Crippen LogP contribution in [0.4, 0.5) is 9.93 Å². The smallest absolute Gasteiger partial charge is 0.298 e. The summed E-state index contributed by atoms with van der Waals surface area (Å²) in [5.74, 6) is 0. The van der Waals surface area contributed by atoms with Crippen LogP contribution in [0.15, 0.2) is 77.7 Å². The van der Waals surface area contributed by atoms with Gasteiger partial charge in [0.1, 0.15) is 4.99 Å². The van der Waals surface area contributed by atoms with Gasteiger partial charge in [-0.3, -0.25) is 10.6 Å². The fraction of sp³-hybridized carbons (Fsp3) is 0.0455. The number of nitrogens with zero attached hydrogens (tertiary/aromatic N) is 1. The molecule has 0 radical (unpaired) electrons. The van der Waals surface area contributed by atoms with E-state index in [0.717, 1.165) is 22.9 Å². The lowest BCUT2D eigenvalue weighted by Gasteiger charge is -2.12. The van der Waals surface area contributed by atoms with E-state index < -0.39 is 15.9 Å². The Morgan fingerprint density at radius 3 is 2.45 bits per heavy atom. The van der Waals surface area contributed by atoms with Gasteiger partial charge in [-0.05, 0) is 29.3 Å². The molecule has 0 bridgehead atoms. The SMILES string of the molecule is CS(=O)(=O)c1ccc2nc(NC(=O)NC(=S)c3ccccc3-c3ccccc3)sc2c1. The predicted molar refractivity (Wildman–Crippen MR) is 128 cm³/mol. The van der Waals surface area contributed by atoms with E-state index in [1.54, 1.807) is 12.1 Å². The lowest BCUT2D eigenvalue weighted by Crippen LogP contribution is -2.33. The number of amides is 2. The van der Waals surface area contributed by atoms with Crippen molar-refractivity contribution in [2.45, 2.75) is 4.90 Å². The Balaban J connectivity index is 1.51. The molecule has 31 heavy (non-hydrogen) atoms. The van der Waals surface area contributed by atoms with Crippen LogP contribution in [0.2, 0.25) is 0 Å². The van der Waals surface area contributed by atoms with Crippen LogP contribution in [0.3, 0.4) is 0 Å². The molecule has 0 aliphatic carbocycles. The topological polar surface area (TPSA) is 88.2 Å². The Hall–Kier alpha value is -3.14. The number of hydrogen-bond acceptors (Lipinski definition) is 6. The van der Waals surface area contributed by atoms with Gasteiger partial charge in [0.15, 0.2) is 15.0 Å². The second-order valence-electron chi connectivity index (χ2n) is 6.74. The number of benzene rings is 3. The number of aromatic nitrogens is 1. The fourth-order valence-electron chi connectivity index (χ4n) is 3.04. The highest BCUT2D eigenvalue weighted by Crippen LogP contribution is 2.28. The van der Waals surface area contributed by atoms with Crippen molar-refractivity contribution in [3.8, 4) is 11.1 Å². The third-order valence-corrected chi connectivity index (χ3v) is 6.86. The Labute approximate surface area is 188 Å². The molecule has 0 fully saturated rings. The molecule has 6 nitrogen and oxygen atoms in total. The zero-order chi connectivity index (χ0) is 22.0. The number of urea groups is 1. The van der Waals surface area contributed by atoms with Crippen LogP contribution >= 0.6 is 23.6 Å². The van der Waals surface area contributed by atoms with Crippen LogP contribution in [0.5, 0.6) is 0 Å². The molecule has 9 heteroatoms. The van der Waals surface area contributed by atoms with Crippen LogP contribution in [0.1, 0.15) is 5.56 Å². The molecule has 2 amide bonds. The first-order valence-corrected chi connectivity index (χ1v) is 12.3. The quantitative estimate of drug-likeness (QED) is 0.418. The number of rotatable bonds is 4. The van der Waals surface area contributed by atoms with E-state index >= 15 is 0 Å². The lowest BCUT2D eigenvalue weighted by atomic mass is 10.00. The minimum Gasteiger partial charge on any atom is -0.298 e. The summed E-state index contributed by atoms with van der Waals surface area (Å²) in [5, 5.41) is 5.70. The Bertz CT molecular complexity index is 1400. The van der Waals surface area contributed by atoms with Gasteiger partial charge in [-0.25, -0.2) is 18.2 Å². The minimum absolute atomic E-state index is 0.207. The molecule has 3 aromatic carbocycles. The van der Waals surface area contributed by atoms with Crippen molar-refractivity contribution in [3.63, 3.8) is 0 Å². The van der Waals surface area contributed by atoms with E-state index in [0.29, 0.717) is 15.3 Å². The van der Waals surface area contributed by atoms with E-state index in [1.807, 2.05) is 54.6 Å². The number of nitrogens with one attached hydrogen (secondary N) is 2. The number of thiocarbonyl (C=S) groups is 1. The summed E-state index contributed by atoms with van der Waals surface area (Å²) in [6.07, 6.45) is 1.15. The van der Waals surface area contributed by atoms with Crippen molar-refractivity contribution in [3.05, 3.63) is 78.4 Å². The lowest BCUT2D eigenvalue weighted by molar-refractivity contribution is 0.256. The first kappa shape index (κ1) is 21.1. The summed E-state index contributed by atoms with van der Waals surface area (Å²) in [7, 11) is -3.32. The molecule has 0 saturated carbocycles. The Morgan fingerprint density at radius 2 is 1.71 bits per heavy atom. The van der Waals surface area contributed by atoms with Crippen molar-refractivity contribution < 1.29 is 13.2 Å². The van der Waals surface area contributed by atoms with E-state index in [1.165, 1.54) is 17.4 Å². The summed E-state index contributed by atoms with van der Waals surface area (Å²) in [6.45, 7) is 0. The molecule has 4 rings (SSSR count). The molecule has 1 aromatic heterocycles. The van der Waals surface area contributed by atoms with Gasteiger partial charge in [-0.1, -0.05) is 78.2 Å². The standard InChI is InChI=1S/C22H17N3O3S3/c1-31(27,28)15-11-12-18-19(13-15)30-22(23-18)25-21(26)24-20(29)17-10-6-5-9-16(17)14-7-3-2-4-8-14/h2-13H,1H3,(H2,23,24,25,26,29). The zero-order valence-corrected chi connectivity index (χ0v) is 18.8. The van der Waals surface area contributed by atoms with Crippen LogP contribution in [0.25, 0.3) is 21.3 Å². The molecule has 0 aliphatic rings. The van der Waals surface area contributed by atoms with Gasteiger partial charge in [-0.2, -0.15) is 0 Å². The fourth-order valence-corrected chi connectivity index (χ4v) is 4.93. The van der Waals surface area contributed by atoms with Crippen molar-refractivity contribution >= 4 is 59.8 Å². The zero-order valence-electron chi connectivity index (χ0n) is 16.3.